The van der Waals surface area contributed by atoms with Crippen LogP contribution in [0, 0.1) is 5.92 Å². The van der Waals surface area contributed by atoms with Crippen molar-refractivity contribution in [3.05, 3.63) is 22.2 Å². The van der Waals surface area contributed by atoms with Crippen LogP contribution in [0.15, 0.2) is 16.6 Å². The van der Waals surface area contributed by atoms with Crippen LogP contribution >= 0.6 is 15.9 Å². The van der Waals surface area contributed by atoms with Crippen molar-refractivity contribution < 1.29 is 14.6 Å². The second-order valence-corrected chi connectivity index (χ2v) is 6.17. The summed E-state index contributed by atoms with van der Waals surface area (Å²) in [5, 5.41) is 9.68. The molecule has 0 amide bonds. The van der Waals surface area contributed by atoms with Crippen molar-refractivity contribution in [1.82, 2.24) is 4.90 Å². The maximum Gasteiger partial charge on any atom is 0.128 e. The largest absolute Gasteiger partial charge is 0.497 e. The third-order valence-corrected chi connectivity index (χ3v) is 4.66. The lowest BCUT2D eigenvalue weighted by molar-refractivity contribution is 0.127. The van der Waals surface area contributed by atoms with Gasteiger partial charge in [-0.15, -0.1) is 0 Å². The summed E-state index contributed by atoms with van der Waals surface area (Å²) in [6, 6.07) is 3.86. The van der Waals surface area contributed by atoms with E-state index in [1.165, 1.54) is 0 Å². The number of hydrogen-bond acceptors (Lipinski definition) is 4. The Balaban J connectivity index is 2.13. The first-order chi connectivity index (χ1) is 9.55. The summed E-state index contributed by atoms with van der Waals surface area (Å²) in [4.78, 5) is 2.35. The summed E-state index contributed by atoms with van der Waals surface area (Å²) in [5.41, 5.74) is 1.12. The maximum absolute atomic E-state index is 9.68. The van der Waals surface area contributed by atoms with Gasteiger partial charge in [-0.3, -0.25) is 4.90 Å². The molecule has 1 aliphatic heterocycles. The van der Waals surface area contributed by atoms with Gasteiger partial charge < -0.3 is 14.6 Å². The van der Waals surface area contributed by atoms with Gasteiger partial charge in [-0.1, -0.05) is 15.9 Å². The van der Waals surface area contributed by atoms with Crippen LogP contribution in [-0.2, 0) is 6.54 Å². The van der Waals surface area contributed by atoms with Crippen molar-refractivity contribution in [3.63, 3.8) is 0 Å². The SMILES string of the molecule is COc1cc(Br)c(CN2CCC(C(C)O)C2)c(OC)c1. The molecule has 0 spiro atoms. The Bertz CT molecular complexity index is 465. The minimum atomic E-state index is -0.235. The number of aliphatic hydroxyl groups is 1. The number of methoxy groups -OCH3 is 2. The lowest BCUT2D eigenvalue weighted by Gasteiger charge is -2.20. The highest BCUT2D eigenvalue weighted by Crippen LogP contribution is 2.34. The molecule has 2 atom stereocenters. The summed E-state index contributed by atoms with van der Waals surface area (Å²) < 4.78 is 11.7. The Labute approximate surface area is 128 Å². The predicted molar refractivity (Wildman–Crippen MR) is 82.3 cm³/mol. The van der Waals surface area contributed by atoms with Gasteiger partial charge in [0.2, 0.25) is 0 Å². The first-order valence-corrected chi connectivity index (χ1v) is 7.65. The summed E-state index contributed by atoms with van der Waals surface area (Å²) in [6.45, 7) is 4.63. The molecule has 4 nitrogen and oxygen atoms in total. The standard InChI is InChI=1S/C15H22BrNO3/c1-10(18)11-4-5-17(8-11)9-13-14(16)6-12(19-2)7-15(13)20-3/h6-7,10-11,18H,4-5,8-9H2,1-3H3. The van der Waals surface area contributed by atoms with Gasteiger partial charge in [0.25, 0.3) is 0 Å². The van der Waals surface area contributed by atoms with Gasteiger partial charge >= 0.3 is 0 Å². The number of aliphatic hydroxyl groups excluding tert-OH is 1. The van der Waals surface area contributed by atoms with Crippen LogP contribution in [0.25, 0.3) is 0 Å². The van der Waals surface area contributed by atoms with E-state index in [9.17, 15) is 5.11 Å². The smallest absolute Gasteiger partial charge is 0.128 e. The molecule has 0 saturated carbocycles. The molecule has 2 rings (SSSR count). The highest BCUT2D eigenvalue weighted by Gasteiger charge is 2.27. The third kappa shape index (κ3) is 3.45. The lowest BCUT2D eigenvalue weighted by Crippen LogP contribution is -2.24. The average molecular weight is 344 g/mol. The van der Waals surface area contributed by atoms with Gasteiger partial charge in [-0.25, -0.2) is 0 Å². The zero-order valence-electron chi connectivity index (χ0n) is 12.2. The first-order valence-electron chi connectivity index (χ1n) is 6.86. The molecule has 0 bridgehead atoms. The van der Waals surface area contributed by atoms with Crippen LogP contribution in [0.4, 0.5) is 0 Å². The monoisotopic (exact) mass is 343 g/mol. The Morgan fingerprint density at radius 2 is 2.15 bits per heavy atom. The second kappa shape index (κ2) is 6.78. The van der Waals surface area contributed by atoms with E-state index in [0.717, 1.165) is 47.6 Å². The minimum absolute atomic E-state index is 0.235. The first kappa shape index (κ1) is 15.6. The number of halogens is 1. The van der Waals surface area contributed by atoms with Crippen molar-refractivity contribution >= 4 is 15.9 Å². The van der Waals surface area contributed by atoms with Crippen molar-refractivity contribution in [3.8, 4) is 11.5 Å². The number of benzene rings is 1. The van der Waals surface area contributed by atoms with E-state index in [4.69, 9.17) is 9.47 Å². The molecule has 2 unspecified atom stereocenters. The fraction of sp³-hybridized carbons (Fsp3) is 0.600. The van der Waals surface area contributed by atoms with Crippen molar-refractivity contribution in [2.75, 3.05) is 27.3 Å². The molecule has 1 aromatic carbocycles. The van der Waals surface area contributed by atoms with Crippen LogP contribution in [-0.4, -0.2) is 43.4 Å². The molecule has 1 saturated heterocycles. The van der Waals surface area contributed by atoms with Gasteiger partial charge in [0, 0.05) is 29.2 Å². The molecular formula is C15H22BrNO3. The molecule has 1 fully saturated rings. The zero-order chi connectivity index (χ0) is 14.7. The van der Waals surface area contributed by atoms with Crippen molar-refractivity contribution in [2.45, 2.75) is 26.0 Å². The van der Waals surface area contributed by atoms with E-state index in [0.29, 0.717) is 5.92 Å². The minimum Gasteiger partial charge on any atom is -0.497 e. The highest BCUT2D eigenvalue weighted by atomic mass is 79.9. The summed E-state index contributed by atoms with van der Waals surface area (Å²) >= 11 is 3.59. The van der Waals surface area contributed by atoms with E-state index >= 15 is 0 Å². The molecule has 112 valence electrons. The van der Waals surface area contributed by atoms with E-state index < -0.39 is 0 Å². The predicted octanol–water partition coefficient (Wildman–Crippen LogP) is 2.67. The fourth-order valence-electron chi connectivity index (χ4n) is 2.66. The molecular weight excluding hydrogens is 322 g/mol. The maximum atomic E-state index is 9.68. The topological polar surface area (TPSA) is 41.9 Å². The Kier molecular flexibility index (Phi) is 5.29. The average Bonchev–Trinajstić information content (AvgIpc) is 2.89. The van der Waals surface area contributed by atoms with Crippen LogP contribution in [0.3, 0.4) is 0 Å². The molecule has 0 radical (unpaired) electrons. The van der Waals surface area contributed by atoms with Crippen molar-refractivity contribution in [2.24, 2.45) is 5.92 Å². The Hall–Kier alpha value is -0.780. The Morgan fingerprint density at radius 1 is 1.40 bits per heavy atom. The highest BCUT2D eigenvalue weighted by molar-refractivity contribution is 9.10. The second-order valence-electron chi connectivity index (χ2n) is 5.31. The molecule has 1 heterocycles. The molecule has 20 heavy (non-hydrogen) atoms. The summed E-state index contributed by atoms with van der Waals surface area (Å²) in [5.74, 6) is 1.98. The van der Waals surface area contributed by atoms with Gasteiger partial charge in [0.05, 0.1) is 20.3 Å². The Morgan fingerprint density at radius 3 is 2.70 bits per heavy atom. The summed E-state index contributed by atoms with van der Waals surface area (Å²) in [6.07, 6.45) is 0.814. The molecule has 0 aromatic heterocycles. The molecule has 5 heteroatoms. The van der Waals surface area contributed by atoms with Crippen LogP contribution in [0.2, 0.25) is 0 Å². The molecule has 0 aliphatic carbocycles. The summed E-state index contributed by atoms with van der Waals surface area (Å²) in [7, 11) is 3.32. The van der Waals surface area contributed by atoms with Gasteiger partial charge in [0.1, 0.15) is 11.5 Å². The molecule has 1 aromatic rings. The van der Waals surface area contributed by atoms with E-state index in [1.54, 1.807) is 14.2 Å². The number of nitrogens with zero attached hydrogens (tertiary/aromatic N) is 1. The van der Waals surface area contributed by atoms with E-state index in [2.05, 4.69) is 20.8 Å². The van der Waals surface area contributed by atoms with Gasteiger partial charge in [-0.05, 0) is 31.9 Å². The van der Waals surface area contributed by atoms with Crippen LogP contribution in [0.1, 0.15) is 18.9 Å². The van der Waals surface area contributed by atoms with Crippen LogP contribution < -0.4 is 9.47 Å². The zero-order valence-corrected chi connectivity index (χ0v) is 13.8. The van der Waals surface area contributed by atoms with E-state index in [-0.39, 0.29) is 6.10 Å². The molecule has 1 aliphatic rings. The number of likely N-dealkylation sites (tertiary alicyclic amines) is 1. The number of ether oxygens (including phenoxy) is 2. The van der Waals surface area contributed by atoms with Crippen molar-refractivity contribution in [1.29, 1.82) is 0 Å². The van der Waals surface area contributed by atoms with Crippen LogP contribution in [0.5, 0.6) is 11.5 Å². The van der Waals surface area contributed by atoms with Gasteiger partial charge in [0.15, 0.2) is 0 Å². The quantitative estimate of drug-likeness (QED) is 0.892. The van der Waals surface area contributed by atoms with E-state index in [1.807, 2.05) is 19.1 Å². The van der Waals surface area contributed by atoms with Gasteiger partial charge in [-0.2, -0.15) is 0 Å². The number of rotatable bonds is 5. The molecule has 1 N–H and O–H groups in total. The lowest BCUT2D eigenvalue weighted by atomic mass is 10.0. The normalized spacial score (nSPS) is 20.9. The fourth-order valence-corrected chi connectivity index (χ4v) is 3.21. The number of hydrogen-bond donors (Lipinski definition) is 1. The third-order valence-electron chi connectivity index (χ3n) is 3.96.